The molecule has 7 nitrogen and oxygen atoms in total. The van der Waals surface area contributed by atoms with Crippen molar-refractivity contribution >= 4 is 26.4 Å². The van der Waals surface area contributed by atoms with E-state index < -0.39 is 9.84 Å². The second-order valence-corrected chi connectivity index (χ2v) is 9.72. The van der Waals surface area contributed by atoms with Crippen molar-refractivity contribution in [3.63, 3.8) is 0 Å². The van der Waals surface area contributed by atoms with Gasteiger partial charge < -0.3 is 19.3 Å². The Morgan fingerprint density at radius 1 is 0.935 bits per heavy atom. The lowest BCUT2D eigenvalue weighted by Crippen LogP contribution is -2.45. The van der Waals surface area contributed by atoms with Crippen LogP contribution in [-0.2, 0) is 9.84 Å². The monoisotopic (exact) mass is 441 g/mol. The first-order chi connectivity index (χ1) is 14.8. The van der Waals surface area contributed by atoms with Crippen LogP contribution < -0.4 is 14.4 Å². The van der Waals surface area contributed by atoms with E-state index in [1.54, 1.807) is 32.4 Å². The Kier molecular flexibility index (Phi) is 5.77. The minimum absolute atomic E-state index is 0.209. The van der Waals surface area contributed by atoms with Crippen LogP contribution in [0.15, 0.2) is 52.4 Å². The van der Waals surface area contributed by atoms with Crippen molar-refractivity contribution in [1.82, 2.24) is 9.88 Å². The fourth-order valence-corrected chi connectivity index (χ4v) is 5.32. The van der Waals surface area contributed by atoms with Gasteiger partial charge in [0.2, 0.25) is 9.84 Å². The standard InChI is InChI=1S/C23H27N3O4S/c1-16-5-7-17(8-6-16)31(27,28)22-15-24-19-14-21(30-4)20(29-3)13-18(19)23(22)26-11-9-25(2)10-12-26/h5-8,13-15H,9-12H2,1-4H3. The van der Waals surface area contributed by atoms with Crippen LogP contribution in [-0.4, -0.2) is 65.7 Å². The predicted molar refractivity (Wildman–Crippen MR) is 121 cm³/mol. The van der Waals surface area contributed by atoms with Crippen LogP contribution in [0.25, 0.3) is 10.9 Å². The number of sulfone groups is 1. The summed E-state index contributed by atoms with van der Waals surface area (Å²) in [5.74, 6) is 1.10. The van der Waals surface area contributed by atoms with Gasteiger partial charge in [0.15, 0.2) is 11.5 Å². The van der Waals surface area contributed by atoms with Crippen LogP contribution in [0.2, 0.25) is 0 Å². The Labute approximate surface area is 183 Å². The molecular formula is C23H27N3O4S. The number of methoxy groups -OCH3 is 2. The summed E-state index contributed by atoms with van der Waals surface area (Å²) in [6.45, 7) is 5.08. The molecule has 1 fully saturated rings. The number of pyridine rings is 1. The van der Waals surface area contributed by atoms with Crippen molar-refractivity contribution in [2.75, 3.05) is 52.3 Å². The van der Waals surface area contributed by atoms with Crippen molar-refractivity contribution in [2.45, 2.75) is 16.7 Å². The maximum atomic E-state index is 13.7. The van der Waals surface area contributed by atoms with Crippen LogP contribution in [0.3, 0.4) is 0 Å². The molecule has 0 amide bonds. The lowest BCUT2D eigenvalue weighted by molar-refractivity contribution is 0.312. The quantitative estimate of drug-likeness (QED) is 0.602. The molecule has 0 atom stereocenters. The molecule has 0 spiro atoms. The first-order valence-electron chi connectivity index (χ1n) is 10.1. The number of aryl methyl sites for hydroxylation is 1. The molecule has 1 aliphatic heterocycles. The molecule has 0 aliphatic carbocycles. The molecule has 2 heterocycles. The second-order valence-electron chi connectivity index (χ2n) is 7.80. The third-order valence-electron chi connectivity index (χ3n) is 5.75. The number of piperazine rings is 1. The maximum Gasteiger partial charge on any atom is 0.210 e. The van der Waals surface area contributed by atoms with Gasteiger partial charge in [-0.25, -0.2) is 8.42 Å². The van der Waals surface area contributed by atoms with E-state index in [4.69, 9.17) is 9.47 Å². The number of ether oxygens (including phenoxy) is 2. The lowest BCUT2D eigenvalue weighted by atomic mass is 10.1. The number of benzene rings is 2. The zero-order valence-corrected chi connectivity index (χ0v) is 19.1. The molecular weight excluding hydrogens is 414 g/mol. The Morgan fingerprint density at radius 3 is 2.16 bits per heavy atom. The zero-order valence-electron chi connectivity index (χ0n) is 18.3. The Morgan fingerprint density at radius 2 is 1.55 bits per heavy atom. The number of nitrogens with zero attached hydrogens (tertiary/aromatic N) is 3. The van der Waals surface area contributed by atoms with Crippen molar-refractivity contribution in [3.8, 4) is 11.5 Å². The predicted octanol–water partition coefficient (Wildman–Crippen LogP) is 3.15. The third-order valence-corrected chi connectivity index (χ3v) is 7.52. The number of hydrogen-bond donors (Lipinski definition) is 0. The number of anilines is 1. The van der Waals surface area contributed by atoms with Crippen LogP contribution in [0.5, 0.6) is 11.5 Å². The lowest BCUT2D eigenvalue weighted by Gasteiger charge is -2.35. The fraction of sp³-hybridized carbons (Fsp3) is 0.348. The maximum absolute atomic E-state index is 13.7. The SMILES string of the molecule is COc1cc2ncc(S(=O)(=O)c3ccc(C)cc3)c(N3CCN(C)CC3)c2cc1OC. The molecule has 1 aromatic heterocycles. The highest BCUT2D eigenvalue weighted by Crippen LogP contribution is 2.40. The molecule has 3 aromatic rings. The van der Waals surface area contributed by atoms with Crippen LogP contribution in [0.4, 0.5) is 5.69 Å². The minimum atomic E-state index is -3.77. The first-order valence-corrected chi connectivity index (χ1v) is 11.6. The zero-order chi connectivity index (χ0) is 22.2. The van der Waals surface area contributed by atoms with Gasteiger partial charge in [-0.15, -0.1) is 0 Å². The fourth-order valence-electron chi connectivity index (χ4n) is 3.88. The van der Waals surface area contributed by atoms with Crippen molar-refractivity contribution in [2.24, 2.45) is 0 Å². The third kappa shape index (κ3) is 3.93. The van der Waals surface area contributed by atoms with E-state index in [1.165, 1.54) is 6.20 Å². The Balaban J connectivity index is 1.98. The van der Waals surface area contributed by atoms with E-state index in [0.717, 1.165) is 37.1 Å². The summed E-state index contributed by atoms with van der Waals surface area (Å²) in [6, 6.07) is 10.5. The smallest absolute Gasteiger partial charge is 0.210 e. The molecule has 0 radical (unpaired) electrons. The minimum Gasteiger partial charge on any atom is -0.493 e. The van der Waals surface area contributed by atoms with Gasteiger partial charge in [-0.2, -0.15) is 0 Å². The first kappa shape index (κ1) is 21.4. The molecule has 1 saturated heterocycles. The molecule has 31 heavy (non-hydrogen) atoms. The van der Waals surface area contributed by atoms with E-state index in [2.05, 4.69) is 21.8 Å². The molecule has 8 heteroatoms. The molecule has 1 aliphatic rings. The van der Waals surface area contributed by atoms with E-state index in [1.807, 2.05) is 25.1 Å². The van der Waals surface area contributed by atoms with Gasteiger partial charge in [0.05, 0.1) is 30.3 Å². The number of aromatic nitrogens is 1. The van der Waals surface area contributed by atoms with Crippen molar-refractivity contribution in [1.29, 1.82) is 0 Å². The van der Waals surface area contributed by atoms with Gasteiger partial charge in [-0.05, 0) is 32.2 Å². The van der Waals surface area contributed by atoms with E-state index in [0.29, 0.717) is 22.7 Å². The highest BCUT2D eigenvalue weighted by molar-refractivity contribution is 7.91. The summed E-state index contributed by atoms with van der Waals surface area (Å²) in [5.41, 5.74) is 2.33. The summed E-state index contributed by atoms with van der Waals surface area (Å²) >= 11 is 0. The van der Waals surface area contributed by atoms with Gasteiger partial charge in [0.1, 0.15) is 4.90 Å². The molecule has 0 saturated carbocycles. The summed E-state index contributed by atoms with van der Waals surface area (Å²) in [4.78, 5) is 9.33. The van der Waals surface area contributed by atoms with Gasteiger partial charge in [0.25, 0.3) is 0 Å². The molecule has 4 rings (SSSR count). The summed E-state index contributed by atoms with van der Waals surface area (Å²) < 4.78 is 38.2. The Hall–Kier alpha value is -2.84. The van der Waals surface area contributed by atoms with E-state index in [-0.39, 0.29) is 9.79 Å². The highest BCUT2D eigenvalue weighted by atomic mass is 32.2. The summed E-state index contributed by atoms with van der Waals surface area (Å²) in [7, 11) is 1.44. The average Bonchev–Trinajstić information content (AvgIpc) is 2.78. The number of rotatable bonds is 5. The molecule has 0 unspecified atom stereocenters. The van der Waals surface area contributed by atoms with Crippen LogP contribution in [0.1, 0.15) is 5.56 Å². The topological polar surface area (TPSA) is 72.0 Å². The summed E-state index contributed by atoms with van der Waals surface area (Å²) in [5, 5.41) is 0.732. The molecule has 164 valence electrons. The highest BCUT2D eigenvalue weighted by Gasteiger charge is 2.29. The normalized spacial score (nSPS) is 15.3. The second kappa shape index (κ2) is 8.36. The van der Waals surface area contributed by atoms with E-state index in [9.17, 15) is 8.42 Å². The van der Waals surface area contributed by atoms with Crippen LogP contribution in [0, 0.1) is 6.92 Å². The largest absolute Gasteiger partial charge is 0.493 e. The van der Waals surface area contributed by atoms with Crippen molar-refractivity contribution in [3.05, 3.63) is 48.2 Å². The summed E-state index contributed by atoms with van der Waals surface area (Å²) in [6.07, 6.45) is 1.47. The van der Waals surface area contributed by atoms with Gasteiger partial charge in [-0.1, -0.05) is 17.7 Å². The van der Waals surface area contributed by atoms with Crippen molar-refractivity contribution < 1.29 is 17.9 Å². The molecule has 0 bridgehead atoms. The van der Waals surface area contributed by atoms with Crippen LogP contribution >= 0.6 is 0 Å². The van der Waals surface area contributed by atoms with Gasteiger partial charge >= 0.3 is 0 Å². The molecule has 2 aromatic carbocycles. The number of hydrogen-bond acceptors (Lipinski definition) is 7. The molecule has 0 N–H and O–H groups in total. The number of fused-ring (bicyclic) bond motifs is 1. The Bertz CT molecular complexity index is 1200. The number of likely N-dealkylation sites (N-methyl/N-ethyl adjacent to an activating group) is 1. The van der Waals surface area contributed by atoms with Gasteiger partial charge in [0, 0.05) is 43.8 Å². The van der Waals surface area contributed by atoms with E-state index >= 15 is 0 Å². The van der Waals surface area contributed by atoms with Gasteiger partial charge in [-0.3, -0.25) is 4.98 Å². The average molecular weight is 442 g/mol.